The molecule has 0 spiro atoms. The Bertz CT molecular complexity index is 346. The minimum absolute atomic E-state index is 0.155. The van der Waals surface area contributed by atoms with E-state index in [2.05, 4.69) is 29.8 Å². The highest BCUT2D eigenvalue weighted by Crippen LogP contribution is 2.00. The van der Waals surface area contributed by atoms with Gasteiger partial charge >= 0.3 is 0 Å². The highest BCUT2D eigenvalue weighted by Gasteiger charge is 2.03. The third kappa shape index (κ3) is 3.61. The van der Waals surface area contributed by atoms with Crippen molar-refractivity contribution in [2.24, 2.45) is 0 Å². The molecule has 0 fully saturated rings. The Morgan fingerprint density at radius 1 is 1.80 bits per heavy atom. The van der Waals surface area contributed by atoms with Crippen molar-refractivity contribution in [2.75, 3.05) is 0 Å². The number of hydrogen-bond donors (Lipinski definition) is 1. The number of terminal acetylenes is 1. The van der Waals surface area contributed by atoms with E-state index in [0.29, 0.717) is 0 Å². The van der Waals surface area contributed by atoms with Gasteiger partial charge in [-0.05, 0) is 6.42 Å². The summed E-state index contributed by atoms with van der Waals surface area (Å²) >= 11 is 0. The highest BCUT2D eigenvalue weighted by atomic mass is 15.2. The molecule has 0 radical (unpaired) electrons. The van der Waals surface area contributed by atoms with Crippen molar-refractivity contribution in [3.63, 3.8) is 0 Å². The second-order valence-corrected chi connectivity index (χ2v) is 3.40. The Labute approximate surface area is 91.2 Å². The van der Waals surface area contributed by atoms with Gasteiger partial charge in [-0.15, -0.1) is 6.42 Å². The quantitative estimate of drug-likeness (QED) is 0.715. The summed E-state index contributed by atoms with van der Waals surface area (Å²) in [7, 11) is 0. The monoisotopic (exact) mass is 203 g/mol. The van der Waals surface area contributed by atoms with Crippen LogP contribution in [0, 0.1) is 12.3 Å². The Morgan fingerprint density at radius 3 is 3.13 bits per heavy atom. The SMILES string of the molecule is C#CC(CCC)NCc1cnn(C=C)c1. The van der Waals surface area contributed by atoms with Crippen LogP contribution in [0.2, 0.25) is 0 Å². The van der Waals surface area contributed by atoms with E-state index in [9.17, 15) is 0 Å². The van der Waals surface area contributed by atoms with E-state index in [1.807, 2.05) is 12.4 Å². The lowest BCUT2D eigenvalue weighted by Crippen LogP contribution is -2.26. The molecule has 3 nitrogen and oxygen atoms in total. The Balaban J connectivity index is 2.42. The molecule has 0 aliphatic heterocycles. The summed E-state index contributed by atoms with van der Waals surface area (Å²) in [5.74, 6) is 2.74. The topological polar surface area (TPSA) is 29.9 Å². The number of aromatic nitrogens is 2. The fraction of sp³-hybridized carbons (Fsp3) is 0.417. The number of hydrogen-bond acceptors (Lipinski definition) is 2. The maximum atomic E-state index is 5.40. The van der Waals surface area contributed by atoms with Gasteiger partial charge in [-0.2, -0.15) is 5.10 Å². The van der Waals surface area contributed by atoms with E-state index < -0.39 is 0 Å². The molecule has 1 aromatic rings. The molecule has 1 aromatic heterocycles. The molecular weight excluding hydrogens is 186 g/mol. The predicted molar refractivity (Wildman–Crippen MR) is 63.0 cm³/mol. The second-order valence-electron chi connectivity index (χ2n) is 3.40. The van der Waals surface area contributed by atoms with Crippen LogP contribution in [0.5, 0.6) is 0 Å². The zero-order valence-corrected chi connectivity index (χ0v) is 9.11. The Morgan fingerprint density at radius 2 is 2.60 bits per heavy atom. The van der Waals surface area contributed by atoms with Crippen molar-refractivity contribution < 1.29 is 0 Å². The largest absolute Gasteiger partial charge is 0.299 e. The summed E-state index contributed by atoms with van der Waals surface area (Å²) in [5.41, 5.74) is 1.12. The first kappa shape index (κ1) is 11.5. The maximum absolute atomic E-state index is 5.40. The summed E-state index contributed by atoms with van der Waals surface area (Å²) in [6.07, 6.45) is 12.9. The summed E-state index contributed by atoms with van der Waals surface area (Å²) in [6.45, 7) is 6.51. The lowest BCUT2D eigenvalue weighted by atomic mass is 10.2. The van der Waals surface area contributed by atoms with Crippen molar-refractivity contribution in [1.29, 1.82) is 0 Å². The van der Waals surface area contributed by atoms with Crippen LogP contribution in [0.4, 0.5) is 0 Å². The average molecular weight is 203 g/mol. The first-order valence-electron chi connectivity index (χ1n) is 5.15. The molecule has 0 saturated heterocycles. The molecule has 0 bridgehead atoms. The molecule has 0 aliphatic carbocycles. The van der Waals surface area contributed by atoms with E-state index in [1.165, 1.54) is 0 Å². The normalized spacial score (nSPS) is 12.0. The van der Waals surface area contributed by atoms with Gasteiger partial charge in [0.25, 0.3) is 0 Å². The lowest BCUT2D eigenvalue weighted by Gasteiger charge is -2.10. The van der Waals surface area contributed by atoms with Crippen LogP contribution < -0.4 is 5.32 Å². The van der Waals surface area contributed by atoms with Crippen LogP contribution in [0.15, 0.2) is 19.0 Å². The van der Waals surface area contributed by atoms with Crippen molar-refractivity contribution in [1.82, 2.24) is 15.1 Å². The molecule has 15 heavy (non-hydrogen) atoms. The van der Waals surface area contributed by atoms with Gasteiger partial charge in [0.05, 0.1) is 12.2 Å². The van der Waals surface area contributed by atoms with Gasteiger partial charge in [0.1, 0.15) is 0 Å². The fourth-order valence-corrected chi connectivity index (χ4v) is 1.34. The van der Waals surface area contributed by atoms with Crippen LogP contribution >= 0.6 is 0 Å². The molecule has 1 rings (SSSR count). The van der Waals surface area contributed by atoms with Crippen LogP contribution in [0.1, 0.15) is 25.3 Å². The molecule has 0 saturated carbocycles. The summed E-state index contributed by atoms with van der Waals surface area (Å²) in [5, 5.41) is 7.39. The van der Waals surface area contributed by atoms with Gasteiger partial charge < -0.3 is 0 Å². The Hall–Kier alpha value is -1.53. The average Bonchev–Trinajstić information content (AvgIpc) is 2.72. The summed E-state index contributed by atoms with van der Waals surface area (Å²) < 4.78 is 1.68. The van der Waals surface area contributed by atoms with Crippen molar-refractivity contribution in [3.05, 3.63) is 24.5 Å². The molecule has 0 aliphatic rings. The molecule has 1 atom stereocenters. The highest BCUT2D eigenvalue weighted by molar-refractivity contribution is 5.17. The van der Waals surface area contributed by atoms with Gasteiger partial charge in [-0.3, -0.25) is 5.32 Å². The minimum atomic E-state index is 0.155. The van der Waals surface area contributed by atoms with E-state index in [4.69, 9.17) is 6.42 Å². The van der Waals surface area contributed by atoms with E-state index in [-0.39, 0.29) is 6.04 Å². The fourth-order valence-electron chi connectivity index (χ4n) is 1.34. The summed E-state index contributed by atoms with van der Waals surface area (Å²) in [4.78, 5) is 0. The van der Waals surface area contributed by atoms with E-state index in [1.54, 1.807) is 10.9 Å². The first-order chi connectivity index (χ1) is 7.30. The van der Waals surface area contributed by atoms with E-state index >= 15 is 0 Å². The second kappa shape index (κ2) is 6.05. The van der Waals surface area contributed by atoms with Crippen LogP contribution in [-0.2, 0) is 6.54 Å². The summed E-state index contributed by atoms with van der Waals surface area (Å²) in [6, 6.07) is 0.155. The van der Waals surface area contributed by atoms with Crippen molar-refractivity contribution >= 4 is 6.20 Å². The predicted octanol–water partition coefficient (Wildman–Crippen LogP) is 1.88. The van der Waals surface area contributed by atoms with Crippen molar-refractivity contribution in [2.45, 2.75) is 32.4 Å². The zero-order chi connectivity index (χ0) is 11.1. The third-order valence-corrected chi connectivity index (χ3v) is 2.17. The lowest BCUT2D eigenvalue weighted by molar-refractivity contribution is 0.563. The zero-order valence-electron chi connectivity index (χ0n) is 9.11. The van der Waals surface area contributed by atoms with Gasteiger partial charge in [0.2, 0.25) is 0 Å². The third-order valence-electron chi connectivity index (χ3n) is 2.17. The van der Waals surface area contributed by atoms with Crippen LogP contribution in [0.25, 0.3) is 6.20 Å². The molecule has 1 unspecified atom stereocenters. The standard InChI is InChI=1S/C12H17N3/c1-4-7-12(5-2)13-8-11-9-14-15(6-3)10-11/h2,6,9-10,12-13H,3-4,7-8H2,1H3. The van der Waals surface area contributed by atoms with Crippen LogP contribution in [-0.4, -0.2) is 15.8 Å². The van der Waals surface area contributed by atoms with E-state index in [0.717, 1.165) is 24.9 Å². The molecule has 1 heterocycles. The van der Waals surface area contributed by atoms with Gasteiger partial charge in [-0.1, -0.05) is 25.8 Å². The van der Waals surface area contributed by atoms with Crippen LogP contribution in [0.3, 0.4) is 0 Å². The molecular formula is C12H17N3. The van der Waals surface area contributed by atoms with Gasteiger partial charge in [0.15, 0.2) is 0 Å². The molecule has 3 heteroatoms. The molecule has 1 N–H and O–H groups in total. The molecule has 0 amide bonds. The van der Waals surface area contributed by atoms with Gasteiger partial charge in [-0.25, -0.2) is 4.68 Å². The molecule has 80 valence electrons. The van der Waals surface area contributed by atoms with Crippen molar-refractivity contribution in [3.8, 4) is 12.3 Å². The molecule has 0 aromatic carbocycles. The first-order valence-corrected chi connectivity index (χ1v) is 5.15. The number of nitrogens with one attached hydrogen (secondary N) is 1. The number of rotatable bonds is 6. The maximum Gasteiger partial charge on any atom is 0.0689 e. The van der Waals surface area contributed by atoms with Gasteiger partial charge in [0, 0.05) is 24.5 Å². The Kier molecular flexibility index (Phi) is 4.65. The number of nitrogens with zero attached hydrogens (tertiary/aromatic N) is 2. The smallest absolute Gasteiger partial charge is 0.0689 e. The minimum Gasteiger partial charge on any atom is -0.299 e.